The van der Waals surface area contributed by atoms with Crippen molar-refractivity contribution in [1.29, 1.82) is 0 Å². The molecule has 142 valence electrons. The Morgan fingerprint density at radius 3 is 2.68 bits per heavy atom. The van der Waals surface area contributed by atoms with Crippen molar-refractivity contribution in [3.8, 4) is 5.75 Å². The minimum absolute atomic E-state index is 0.259. The number of thiocarbonyl (C=S) groups is 1. The van der Waals surface area contributed by atoms with Crippen LogP contribution in [0, 0.1) is 0 Å². The average molecular weight is 391 g/mol. The number of benzene rings is 3. The van der Waals surface area contributed by atoms with Gasteiger partial charge in [-0.1, -0.05) is 37.3 Å². The molecule has 1 aliphatic rings. The molecule has 0 spiro atoms. The molecular formula is C23H22N2O2S. The second-order valence-electron chi connectivity index (χ2n) is 6.90. The standard InChI is InChI=1S/C23H22N2O2S/c1-2-13-27-18-7-3-6-17(14-18)22(26)25-23(28)24-20-12-11-16-10-9-15-5-4-8-19(20)21(15)16/h3-8,11-12,14H,2,9-10,13H2,1H3,(H2,24,25,26,28). The molecule has 4 rings (SSSR count). The molecule has 0 unspecified atom stereocenters. The molecule has 0 saturated carbocycles. The Bertz CT molecular complexity index is 1050. The van der Waals surface area contributed by atoms with E-state index in [9.17, 15) is 4.79 Å². The van der Waals surface area contributed by atoms with E-state index in [4.69, 9.17) is 17.0 Å². The third kappa shape index (κ3) is 3.71. The van der Waals surface area contributed by atoms with Crippen molar-refractivity contribution >= 4 is 39.7 Å². The largest absolute Gasteiger partial charge is 0.494 e. The first kappa shape index (κ1) is 18.4. The third-order valence-electron chi connectivity index (χ3n) is 4.92. The van der Waals surface area contributed by atoms with Crippen LogP contribution in [0.5, 0.6) is 5.75 Å². The van der Waals surface area contributed by atoms with E-state index in [1.165, 1.54) is 16.5 Å². The molecule has 0 radical (unpaired) electrons. The number of nitrogens with one attached hydrogen (secondary N) is 2. The van der Waals surface area contributed by atoms with Gasteiger partial charge in [-0.25, -0.2) is 0 Å². The van der Waals surface area contributed by atoms with Crippen LogP contribution in [-0.4, -0.2) is 17.6 Å². The molecule has 0 saturated heterocycles. The zero-order valence-corrected chi connectivity index (χ0v) is 16.6. The summed E-state index contributed by atoms with van der Waals surface area (Å²) in [4.78, 5) is 12.6. The number of ether oxygens (including phenoxy) is 1. The van der Waals surface area contributed by atoms with E-state index in [2.05, 4.69) is 34.9 Å². The maximum Gasteiger partial charge on any atom is 0.257 e. The molecule has 4 nitrogen and oxygen atoms in total. The van der Waals surface area contributed by atoms with Gasteiger partial charge in [-0.2, -0.15) is 0 Å². The Balaban J connectivity index is 1.48. The lowest BCUT2D eigenvalue weighted by Crippen LogP contribution is -2.34. The molecule has 3 aromatic rings. The van der Waals surface area contributed by atoms with E-state index >= 15 is 0 Å². The smallest absolute Gasteiger partial charge is 0.257 e. The number of carbonyl (C=O) groups excluding carboxylic acids is 1. The molecule has 0 fully saturated rings. The van der Waals surface area contributed by atoms with E-state index in [-0.39, 0.29) is 11.0 Å². The normalized spacial score (nSPS) is 12.0. The fourth-order valence-electron chi connectivity index (χ4n) is 3.63. The molecule has 0 aromatic heterocycles. The van der Waals surface area contributed by atoms with Gasteiger partial charge in [-0.3, -0.25) is 10.1 Å². The fraction of sp³-hybridized carbons (Fsp3) is 0.217. The van der Waals surface area contributed by atoms with Gasteiger partial charge in [-0.05, 0) is 72.3 Å². The quantitative estimate of drug-likeness (QED) is 0.611. The summed E-state index contributed by atoms with van der Waals surface area (Å²) >= 11 is 5.39. The zero-order valence-electron chi connectivity index (χ0n) is 15.7. The van der Waals surface area contributed by atoms with E-state index in [1.807, 2.05) is 19.1 Å². The van der Waals surface area contributed by atoms with Crippen molar-refractivity contribution in [3.63, 3.8) is 0 Å². The van der Waals surface area contributed by atoms with Crippen molar-refractivity contribution in [3.05, 3.63) is 71.3 Å². The summed E-state index contributed by atoms with van der Waals surface area (Å²) in [7, 11) is 0. The first-order chi connectivity index (χ1) is 13.7. The Labute approximate surface area is 169 Å². The number of aryl methyl sites for hydroxylation is 2. The zero-order chi connectivity index (χ0) is 19.5. The first-order valence-corrected chi connectivity index (χ1v) is 9.95. The molecule has 0 bridgehead atoms. The van der Waals surface area contributed by atoms with Crippen LogP contribution in [0.1, 0.15) is 34.8 Å². The summed E-state index contributed by atoms with van der Waals surface area (Å²) in [6.07, 6.45) is 3.07. The van der Waals surface area contributed by atoms with Gasteiger partial charge < -0.3 is 10.1 Å². The number of hydrogen-bond donors (Lipinski definition) is 2. The molecular weight excluding hydrogens is 368 g/mol. The Hall–Kier alpha value is -2.92. The third-order valence-corrected chi connectivity index (χ3v) is 5.13. The van der Waals surface area contributed by atoms with E-state index in [0.29, 0.717) is 17.9 Å². The molecule has 3 aromatic carbocycles. The van der Waals surface area contributed by atoms with Crippen molar-refractivity contribution in [1.82, 2.24) is 5.32 Å². The lowest BCUT2D eigenvalue weighted by molar-refractivity contribution is 0.0977. The average Bonchev–Trinajstić information content (AvgIpc) is 3.13. The van der Waals surface area contributed by atoms with Crippen LogP contribution >= 0.6 is 12.2 Å². The van der Waals surface area contributed by atoms with E-state index in [0.717, 1.165) is 30.3 Å². The van der Waals surface area contributed by atoms with Crippen LogP contribution in [0.25, 0.3) is 10.8 Å². The lowest BCUT2D eigenvalue weighted by atomic mass is 10.0. The highest BCUT2D eigenvalue weighted by molar-refractivity contribution is 7.80. The number of hydrogen-bond acceptors (Lipinski definition) is 3. The number of amides is 1. The van der Waals surface area contributed by atoms with E-state index in [1.54, 1.807) is 18.2 Å². The number of rotatable bonds is 5. The monoisotopic (exact) mass is 390 g/mol. The maximum absolute atomic E-state index is 12.6. The van der Waals surface area contributed by atoms with Crippen LogP contribution in [0.4, 0.5) is 5.69 Å². The highest BCUT2D eigenvalue weighted by Gasteiger charge is 2.16. The lowest BCUT2D eigenvalue weighted by Gasteiger charge is -2.13. The second-order valence-corrected chi connectivity index (χ2v) is 7.30. The molecule has 1 amide bonds. The van der Waals surface area contributed by atoms with Gasteiger partial charge in [0.2, 0.25) is 0 Å². The summed E-state index contributed by atoms with van der Waals surface area (Å²) in [6.45, 7) is 2.66. The Morgan fingerprint density at radius 1 is 1.07 bits per heavy atom. The SMILES string of the molecule is CCCOc1cccc(C(=O)NC(=S)Nc2ccc3c4c(cccc24)CC3)c1. The van der Waals surface area contributed by atoms with Crippen LogP contribution < -0.4 is 15.4 Å². The molecule has 28 heavy (non-hydrogen) atoms. The Kier molecular flexibility index (Phi) is 5.26. The number of anilines is 1. The van der Waals surface area contributed by atoms with Crippen molar-refractivity contribution in [2.24, 2.45) is 0 Å². The maximum atomic E-state index is 12.6. The minimum Gasteiger partial charge on any atom is -0.494 e. The fourth-order valence-corrected chi connectivity index (χ4v) is 3.83. The molecule has 0 heterocycles. The van der Waals surface area contributed by atoms with Gasteiger partial charge in [0.05, 0.1) is 6.61 Å². The van der Waals surface area contributed by atoms with Crippen LogP contribution in [-0.2, 0) is 12.8 Å². The van der Waals surface area contributed by atoms with Gasteiger partial charge in [0.15, 0.2) is 5.11 Å². The molecule has 1 aliphatic carbocycles. The van der Waals surface area contributed by atoms with Crippen LogP contribution in [0.15, 0.2) is 54.6 Å². The second kappa shape index (κ2) is 7.98. The number of carbonyl (C=O) groups is 1. The van der Waals surface area contributed by atoms with Gasteiger partial charge in [-0.15, -0.1) is 0 Å². The van der Waals surface area contributed by atoms with Crippen LogP contribution in [0.2, 0.25) is 0 Å². The molecule has 2 N–H and O–H groups in total. The molecule has 5 heteroatoms. The van der Waals surface area contributed by atoms with Gasteiger partial charge in [0.25, 0.3) is 5.91 Å². The Morgan fingerprint density at radius 2 is 1.86 bits per heavy atom. The summed E-state index contributed by atoms with van der Waals surface area (Å²) in [5, 5.41) is 8.68. The van der Waals surface area contributed by atoms with Crippen molar-refractivity contribution in [2.75, 3.05) is 11.9 Å². The summed E-state index contributed by atoms with van der Waals surface area (Å²) in [6, 6.07) is 17.6. The van der Waals surface area contributed by atoms with E-state index < -0.39 is 0 Å². The highest BCUT2D eigenvalue weighted by Crippen LogP contribution is 2.34. The van der Waals surface area contributed by atoms with Crippen molar-refractivity contribution < 1.29 is 9.53 Å². The highest BCUT2D eigenvalue weighted by atomic mass is 32.1. The summed E-state index contributed by atoms with van der Waals surface area (Å²) in [5.41, 5.74) is 4.16. The summed E-state index contributed by atoms with van der Waals surface area (Å²) < 4.78 is 5.59. The molecule has 0 atom stereocenters. The summed E-state index contributed by atoms with van der Waals surface area (Å²) in [5.74, 6) is 0.422. The van der Waals surface area contributed by atoms with Gasteiger partial charge in [0.1, 0.15) is 5.75 Å². The minimum atomic E-state index is -0.259. The predicted molar refractivity (Wildman–Crippen MR) is 117 cm³/mol. The van der Waals surface area contributed by atoms with Gasteiger partial charge in [0, 0.05) is 16.6 Å². The molecule has 0 aliphatic heterocycles. The predicted octanol–water partition coefficient (Wildman–Crippen LogP) is 4.85. The van der Waals surface area contributed by atoms with Crippen LogP contribution in [0.3, 0.4) is 0 Å². The van der Waals surface area contributed by atoms with Gasteiger partial charge >= 0.3 is 0 Å². The first-order valence-electron chi connectivity index (χ1n) is 9.54. The van der Waals surface area contributed by atoms with Crippen molar-refractivity contribution in [2.45, 2.75) is 26.2 Å². The topological polar surface area (TPSA) is 50.4 Å².